The van der Waals surface area contributed by atoms with E-state index in [4.69, 9.17) is 5.84 Å². The zero-order valence-electron chi connectivity index (χ0n) is 11.3. The molecule has 102 valence electrons. The van der Waals surface area contributed by atoms with Crippen molar-refractivity contribution in [2.24, 2.45) is 5.84 Å². The molecule has 8 heteroatoms. The minimum Gasteiger partial charge on any atom is -0.351 e. The van der Waals surface area contributed by atoms with Crippen LogP contribution >= 0.6 is 11.8 Å². The number of nitrogens with two attached hydrogens (primary N) is 1. The average Bonchev–Trinajstić information content (AvgIpc) is 2.35. The molecule has 1 atom stereocenters. The highest BCUT2D eigenvalue weighted by molar-refractivity contribution is 7.99. The number of hydrogen-bond donors (Lipinski definition) is 3. The molecule has 1 rings (SSSR count). The first-order valence-electron chi connectivity index (χ1n) is 5.81. The predicted molar refractivity (Wildman–Crippen MR) is 78.0 cm³/mol. The van der Waals surface area contributed by atoms with Crippen LogP contribution in [-0.4, -0.2) is 46.6 Å². The number of anilines is 3. The number of nitrogens with one attached hydrogen (secondary N) is 2. The Morgan fingerprint density at radius 1 is 1.28 bits per heavy atom. The summed E-state index contributed by atoms with van der Waals surface area (Å²) in [6, 6.07) is 0.290. The number of rotatable bonds is 7. The van der Waals surface area contributed by atoms with Gasteiger partial charge in [0.2, 0.25) is 17.8 Å². The first-order valence-corrected chi connectivity index (χ1v) is 6.96. The molecule has 0 aromatic carbocycles. The first-order chi connectivity index (χ1) is 8.56. The quantitative estimate of drug-likeness (QED) is 0.495. The van der Waals surface area contributed by atoms with Gasteiger partial charge in [0.15, 0.2) is 0 Å². The molecule has 18 heavy (non-hydrogen) atoms. The van der Waals surface area contributed by atoms with E-state index in [0.717, 1.165) is 11.5 Å². The number of nitrogen functional groups attached to an aromatic ring is 1. The van der Waals surface area contributed by atoms with Crippen molar-refractivity contribution in [1.29, 1.82) is 0 Å². The second-order valence-electron chi connectivity index (χ2n) is 4.03. The minimum atomic E-state index is 0.290. The molecular formula is C10H21N7S. The van der Waals surface area contributed by atoms with Gasteiger partial charge in [-0.05, 0) is 12.7 Å². The Bertz CT molecular complexity index is 371. The molecule has 0 spiro atoms. The highest BCUT2D eigenvalue weighted by Gasteiger charge is 2.09. The molecule has 0 saturated carbocycles. The lowest BCUT2D eigenvalue weighted by Crippen LogP contribution is -2.23. The molecule has 0 amide bonds. The SMILES string of the molecule is CCSCC(C)Nc1nc(NN)nc(N(C)C)n1. The Labute approximate surface area is 112 Å². The van der Waals surface area contributed by atoms with Crippen LogP contribution in [0.3, 0.4) is 0 Å². The summed E-state index contributed by atoms with van der Waals surface area (Å²) < 4.78 is 0. The topological polar surface area (TPSA) is 92.0 Å². The monoisotopic (exact) mass is 271 g/mol. The molecule has 0 aliphatic carbocycles. The van der Waals surface area contributed by atoms with Gasteiger partial charge in [-0.3, -0.25) is 5.43 Å². The Balaban J connectivity index is 2.77. The number of hydrazine groups is 1. The van der Waals surface area contributed by atoms with Crippen LogP contribution in [0.25, 0.3) is 0 Å². The fourth-order valence-corrected chi connectivity index (χ4v) is 1.92. The zero-order chi connectivity index (χ0) is 13.5. The Morgan fingerprint density at radius 2 is 1.94 bits per heavy atom. The Hall–Kier alpha value is -1.28. The van der Waals surface area contributed by atoms with Gasteiger partial charge in [0.1, 0.15) is 0 Å². The van der Waals surface area contributed by atoms with Crippen molar-refractivity contribution >= 4 is 29.6 Å². The third-order valence-electron chi connectivity index (χ3n) is 2.10. The maximum Gasteiger partial charge on any atom is 0.243 e. The summed E-state index contributed by atoms with van der Waals surface area (Å²) in [7, 11) is 3.74. The fourth-order valence-electron chi connectivity index (χ4n) is 1.25. The standard InChI is InChI=1S/C10H21N7S/c1-5-18-6-7(2)12-8-13-9(16-11)15-10(14-8)17(3)4/h7H,5-6,11H2,1-4H3,(H2,12,13,14,15,16). The van der Waals surface area contributed by atoms with Crippen LogP contribution < -0.4 is 21.5 Å². The van der Waals surface area contributed by atoms with Crippen LogP contribution in [0.2, 0.25) is 0 Å². The van der Waals surface area contributed by atoms with Crippen LogP contribution in [-0.2, 0) is 0 Å². The molecule has 0 aliphatic heterocycles. The van der Waals surface area contributed by atoms with Gasteiger partial charge in [0.05, 0.1) is 0 Å². The van der Waals surface area contributed by atoms with E-state index in [1.165, 1.54) is 0 Å². The lowest BCUT2D eigenvalue weighted by molar-refractivity contribution is 0.868. The molecule has 0 aliphatic rings. The van der Waals surface area contributed by atoms with Crippen LogP contribution in [0.5, 0.6) is 0 Å². The molecule has 1 unspecified atom stereocenters. The Kier molecular flexibility index (Phi) is 5.93. The van der Waals surface area contributed by atoms with Gasteiger partial charge in [0.25, 0.3) is 0 Å². The van der Waals surface area contributed by atoms with Gasteiger partial charge >= 0.3 is 0 Å². The van der Waals surface area contributed by atoms with Gasteiger partial charge in [-0.25, -0.2) is 5.84 Å². The smallest absolute Gasteiger partial charge is 0.243 e. The molecule has 1 aromatic rings. The van der Waals surface area contributed by atoms with Crippen LogP contribution in [0.1, 0.15) is 13.8 Å². The normalized spacial score (nSPS) is 12.1. The van der Waals surface area contributed by atoms with Crippen LogP contribution in [0.4, 0.5) is 17.8 Å². The largest absolute Gasteiger partial charge is 0.351 e. The van der Waals surface area contributed by atoms with Crippen molar-refractivity contribution in [3.05, 3.63) is 0 Å². The van der Waals surface area contributed by atoms with Gasteiger partial charge in [0, 0.05) is 25.9 Å². The molecule has 4 N–H and O–H groups in total. The third-order valence-corrected chi connectivity index (χ3v) is 3.24. The second kappa shape index (κ2) is 7.22. The molecule has 1 heterocycles. The van der Waals surface area contributed by atoms with Gasteiger partial charge < -0.3 is 10.2 Å². The van der Waals surface area contributed by atoms with Crippen molar-refractivity contribution in [1.82, 2.24) is 15.0 Å². The van der Waals surface area contributed by atoms with Crippen molar-refractivity contribution in [2.75, 3.05) is 41.2 Å². The number of hydrogen-bond acceptors (Lipinski definition) is 8. The molecular weight excluding hydrogens is 250 g/mol. The highest BCUT2D eigenvalue weighted by atomic mass is 32.2. The van der Waals surface area contributed by atoms with Crippen molar-refractivity contribution in [3.8, 4) is 0 Å². The summed E-state index contributed by atoms with van der Waals surface area (Å²) >= 11 is 1.87. The fraction of sp³-hybridized carbons (Fsp3) is 0.700. The Morgan fingerprint density at radius 3 is 2.50 bits per heavy atom. The van der Waals surface area contributed by atoms with E-state index in [1.54, 1.807) is 4.90 Å². The summed E-state index contributed by atoms with van der Waals surface area (Å²) in [5.74, 6) is 8.90. The highest BCUT2D eigenvalue weighted by Crippen LogP contribution is 2.12. The molecule has 0 fully saturated rings. The second-order valence-corrected chi connectivity index (χ2v) is 5.35. The van der Waals surface area contributed by atoms with E-state index in [0.29, 0.717) is 17.8 Å². The number of nitrogens with zero attached hydrogens (tertiary/aromatic N) is 4. The molecule has 0 saturated heterocycles. The molecule has 0 radical (unpaired) electrons. The molecule has 0 bridgehead atoms. The summed E-state index contributed by atoms with van der Waals surface area (Å²) in [6.45, 7) is 4.23. The minimum absolute atomic E-state index is 0.290. The maximum atomic E-state index is 5.35. The zero-order valence-corrected chi connectivity index (χ0v) is 12.1. The molecule has 1 aromatic heterocycles. The number of aromatic nitrogens is 3. The lowest BCUT2D eigenvalue weighted by atomic mass is 10.4. The van der Waals surface area contributed by atoms with Crippen molar-refractivity contribution in [2.45, 2.75) is 19.9 Å². The lowest BCUT2D eigenvalue weighted by Gasteiger charge is -2.16. The summed E-state index contributed by atoms with van der Waals surface area (Å²) in [5.41, 5.74) is 2.44. The van der Waals surface area contributed by atoms with Gasteiger partial charge in [-0.15, -0.1) is 0 Å². The average molecular weight is 271 g/mol. The summed E-state index contributed by atoms with van der Waals surface area (Å²) in [4.78, 5) is 14.4. The predicted octanol–water partition coefficient (Wildman–Crippen LogP) is 0.777. The van der Waals surface area contributed by atoms with Crippen molar-refractivity contribution < 1.29 is 0 Å². The molecule has 7 nitrogen and oxygen atoms in total. The van der Waals surface area contributed by atoms with Crippen LogP contribution in [0, 0.1) is 0 Å². The number of thioether (sulfide) groups is 1. The van der Waals surface area contributed by atoms with E-state index in [-0.39, 0.29) is 6.04 Å². The van der Waals surface area contributed by atoms with E-state index in [9.17, 15) is 0 Å². The van der Waals surface area contributed by atoms with E-state index in [1.807, 2.05) is 25.9 Å². The first kappa shape index (κ1) is 14.8. The summed E-state index contributed by atoms with van der Waals surface area (Å²) in [6.07, 6.45) is 0. The van der Waals surface area contributed by atoms with Crippen molar-refractivity contribution in [3.63, 3.8) is 0 Å². The van der Waals surface area contributed by atoms with E-state index < -0.39 is 0 Å². The van der Waals surface area contributed by atoms with E-state index in [2.05, 4.69) is 39.5 Å². The van der Waals surface area contributed by atoms with E-state index >= 15 is 0 Å². The van der Waals surface area contributed by atoms with Gasteiger partial charge in [-0.1, -0.05) is 6.92 Å². The van der Waals surface area contributed by atoms with Crippen LogP contribution in [0.15, 0.2) is 0 Å². The summed E-state index contributed by atoms with van der Waals surface area (Å²) in [5, 5.41) is 3.24. The third kappa shape index (κ3) is 4.53. The van der Waals surface area contributed by atoms with Gasteiger partial charge in [-0.2, -0.15) is 26.7 Å². The maximum absolute atomic E-state index is 5.35.